The van der Waals surface area contributed by atoms with Gasteiger partial charge in [0.2, 0.25) is 0 Å². The maximum atomic E-state index is 13.2. The molecule has 0 spiro atoms. The Bertz CT molecular complexity index is 896. The summed E-state index contributed by atoms with van der Waals surface area (Å²) in [5, 5.41) is 6.23. The van der Waals surface area contributed by atoms with E-state index in [0.717, 1.165) is 30.3 Å². The first-order valence-corrected chi connectivity index (χ1v) is 8.89. The molecule has 0 amide bonds. The van der Waals surface area contributed by atoms with Gasteiger partial charge in [0.05, 0.1) is 0 Å². The minimum Gasteiger partial charge on any atom is -0.385 e. The Morgan fingerprint density at radius 2 is 1.64 bits per heavy atom. The van der Waals surface area contributed by atoms with Crippen molar-refractivity contribution < 1.29 is 13.2 Å². The van der Waals surface area contributed by atoms with Gasteiger partial charge in [0, 0.05) is 42.8 Å². The third-order valence-corrected chi connectivity index (χ3v) is 3.96. The van der Waals surface area contributed by atoms with Crippen LogP contribution < -0.4 is 10.6 Å². The molecule has 1 aromatic carbocycles. The topological polar surface area (TPSA) is 62.7 Å². The molecule has 0 atom stereocenters. The second-order valence-electron chi connectivity index (χ2n) is 6.17. The molecule has 0 aliphatic carbocycles. The lowest BCUT2D eigenvalue weighted by molar-refractivity contribution is -0.141. The number of pyridine rings is 1. The van der Waals surface area contributed by atoms with E-state index in [9.17, 15) is 13.2 Å². The molecule has 2 aromatic heterocycles. The van der Waals surface area contributed by atoms with Gasteiger partial charge >= 0.3 is 6.18 Å². The highest BCUT2D eigenvalue weighted by Crippen LogP contribution is 2.30. The second kappa shape index (κ2) is 8.69. The normalized spacial score (nSPS) is 11.3. The van der Waals surface area contributed by atoms with Crippen LogP contribution in [0, 0.1) is 0 Å². The van der Waals surface area contributed by atoms with Crippen LogP contribution in [0.5, 0.6) is 0 Å². The molecule has 146 valence electrons. The summed E-state index contributed by atoms with van der Waals surface area (Å²) < 4.78 is 39.7. The van der Waals surface area contributed by atoms with Gasteiger partial charge in [-0.2, -0.15) is 13.2 Å². The number of halogens is 3. The Morgan fingerprint density at radius 3 is 2.29 bits per heavy atom. The third-order valence-electron chi connectivity index (χ3n) is 3.96. The highest BCUT2D eigenvalue weighted by atomic mass is 19.4. The third kappa shape index (κ3) is 5.18. The number of anilines is 2. The number of rotatable bonds is 7. The van der Waals surface area contributed by atoms with E-state index in [1.54, 1.807) is 12.1 Å². The summed E-state index contributed by atoms with van der Waals surface area (Å²) in [5.74, 6) is 0.112. The Balaban J connectivity index is 1.79. The molecule has 2 N–H and O–H groups in total. The largest absolute Gasteiger partial charge is 0.433 e. The quantitative estimate of drug-likeness (QED) is 0.598. The summed E-state index contributed by atoms with van der Waals surface area (Å²) in [4.78, 5) is 11.8. The van der Waals surface area contributed by atoms with Crippen LogP contribution in [-0.2, 0) is 12.7 Å². The zero-order chi connectivity index (χ0) is 20.0. The van der Waals surface area contributed by atoms with Gasteiger partial charge in [-0.15, -0.1) is 0 Å². The van der Waals surface area contributed by atoms with Crippen molar-refractivity contribution in [2.24, 2.45) is 0 Å². The molecule has 2 heterocycles. The van der Waals surface area contributed by atoms with E-state index in [2.05, 4.69) is 32.5 Å². The Labute approximate surface area is 161 Å². The maximum Gasteiger partial charge on any atom is 0.433 e. The molecule has 28 heavy (non-hydrogen) atoms. The fraction of sp³-hybridized carbons (Fsp3) is 0.250. The van der Waals surface area contributed by atoms with Gasteiger partial charge < -0.3 is 10.6 Å². The molecule has 0 saturated heterocycles. The Hall–Kier alpha value is -3.16. The minimum absolute atomic E-state index is 0.00108. The minimum atomic E-state index is -4.56. The molecule has 0 fully saturated rings. The van der Waals surface area contributed by atoms with Crippen molar-refractivity contribution in [1.82, 2.24) is 15.0 Å². The first kappa shape index (κ1) is 19.6. The monoisotopic (exact) mass is 387 g/mol. The summed E-state index contributed by atoms with van der Waals surface area (Å²) in [6.45, 7) is 3.32. The van der Waals surface area contributed by atoms with Crippen LogP contribution in [0.25, 0.3) is 11.4 Å². The van der Waals surface area contributed by atoms with Gasteiger partial charge in [-0.1, -0.05) is 19.1 Å². The molecule has 0 bridgehead atoms. The molecule has 0 unspecified atom stereocenters. The molecule has 0 radical (unpaired) electrons. The van der Waals surface area contributed by atoms with E-state index in [1.807, 2.05) is 24.3 Å². The number of hydrogen-bond donors (Lipinski definition) is 2. The zero-order valence-corrected chi connectivity index (χ0v) is 15.3. The van der Waals surface area contributed by atoms with Crippen molar-refractivity contribution in [3.63, 3.8) is 0 Å². The number of nitrogens with one attached hydrogen (secondary N) is 2. The van der Waals surface area contributed by atoms with Gasteiger partial charge in [-0.05, 0) is 36.2 Å². The molecular weight excluding hydrogens is 367 g/mol. The predicted octanol–water partition coefficient (Wildman–Crippen LogP) is 4.99. The second-order valence-corrected chi connectivity index (χ2v) is 6.17. The molecule has 0 aliphatic rings. The van der Waals surface area contributed by atoms with Gasteiger partial charge in [-0.25, -0.2) is 9.97 Å². The SMILES string of the molecule is CCCNc1ccc(CNc2cc(C(F)(F)F)nc(-c3ccncc3)n2)cc1. The van der Waals surface area contributed by atoms with Gasteiger partial charge in [-0.3, -0.25) is 4.98 Å². The van der Waals surface area contributed by atoms with Crippen LogP contribution in [0.15, 0.2) is 54.9 Å². The zero-order valence-electron chi connectivity index (χ0n) is 15.3. The lowest BCUT2D eigenvalue weighted by Gasteiger charge is -2.12. The van der Waals surface area contributed by atoms with Crippen molar-refractivity contribution in [3.05, 3.63) is 66.1 Å². The number of hydrogen-bond acceptors (Lipinski definition) is 5. The van der Waals surface area contributed by atoms with Crippen LogP contribution in [0.2, 0.25) is 0 Å². The average molecular weight is 387 g/mol. The summed E-state index contributed by atoms with van der Waals surface area (Å²) in [7, 11) is 0. The van der Waals surface area contributed by atoms with Crippen LogP contribution in [0.1, 0.15) is 24.6 Å². The van der Waals surface area contributed by atoms with Crippen molar-refractivity contribution in [1.29, 1.82) is 0 Å². The molecule has 3 aromatic rings. The van der Waals surface area contributed by atoms with E-state index in [-0.39, 0.29) is 11.6 Å². The molecule has 3 rings (SSSR count). The molecular formula is C20H20F3N5. The number of alkyl halides is 3. The van der Waals surface area contributed by atoms with E-state index < -0.39 is 11.9 Å². The first-order valence-electron chi connectivity index (χ1n) is 8.89. The van der Waals surface area contributed by atoms with Crippen LogP contribution in [0.3, 0.4) is 0 Å². The highest BCUT2D eigenvalue weighted by molar-refractivity contribution is 5.57. The van der Waals surface area contributed by atoms with Crippen molar-refractivity contribution in [3.8, 4) is 11.4 Å². The Morgan fingerprint density at radius 1 is 0.929 bits per heavy atom. The number of benzene rings is 1. The predicted molar refractivity (Wildman–Crippen MR) is 103 cm³/mol. The van der Waals surface area contributed by atoms with E-state index in [1.165, 1.54) is 12.4 Å². The summed E-state index contributed by atoms with van der Waals surface area (Å²) in [5.41, 5.74) is 1.41. The fourth-order valence-corrected chi connectivity index (χ4v) is 2.52. The fourth-order valence-electron chi connectivity index (χ4n) is 2.52. The molecule has 0 aliphatic heterocycles. The smallest absolute Gasteiger partial charge is 0.385 e. The van der Waals surface area contributed by atoms with Gasteiger partial charge in [0.15, 0.2) is 11.5 Å². The van der Waals surface area contributed by atoms with Crippen molar-refractivity contribution >= 4 is 11.5 Å². The average Bonchev–Trinajstić information content (AvgIpc) is 2.71. The summed E-state index contributed by atoms with van der Waals surface area (Å²) in [6.07, 6.45) is -0.563. The standard InChI is InChI=1S/C20H20F3N5/c1-2-9-25-16-5-3-14(4-6-16)13-26-18-12-17(20(21,22)23)27-19(28-18)15-7-10-24-11-8-15/h3-8,10-12,25H,2,9,13H2,1H3,(H,26,27,28). The molecule has 5 nitrogen and oxygen atoms in total. The lowest BCUT2D eigenvalue weighted by atomic mass is 10.2. The number of nitrogens with zero attached hydrogens (tertiary/aromatic N) is 3. The van der Waals surface area contributed by atoms with Crippen LogP contribution in [-0.4, -0.2) is 21.5 Å². The summed E-state index contributed by atoms with van der Waals surface area (Å²) >= 11 is 0. The van der Waals surface area contributed by atoms with E-state index in [0.29, 0.717) is 12.1 Å². The maximum absolute atomic E-state index is 13.2. The van der Waals surface area contributed by atoms with Crippen molar-refractivity contribution in [2.75, 3.05) is 17.2 Å². The first-order chi connectivity index (χ1) is 13.5. The lowest BCUT2D eigenvalue weighted by Crippen LogP contribution is -2.12. The molecule has 0 saturated carbocycles. The molecule has 8 heteroatoms. The summed E-state index contributed by atoms with van der Waals surface area (Å²) in [6, 6.07) is 11.8. The van der Waals surface area contributed by atoms with Gasteiger partial charge in [0.1, 0.15) is 5.82 Å². The van der Waals surface area contributed by atoms with Crippen LogP contribution in [0.4, 0.5) is 24.7 Å². The van der Waals surface area contributed by atoms with Gasteiger partial charge in [0.25, 0.3) is 0 Å². The van der Waals surface area contributed by atoms with E-state index >= 15 is 0 Å². The highest BCUT2D eigenvalue weighted by Gasteiger charge is 2.33. The Kier molecular flexibility index (Phi) is 6.08. The number of aromatic nitrogens is 3. The van der Waals surface area contributed by atoms with Crippen LogP contribution >= 0.6 is 0 Å². The van der Waals surface area contributed by atoms with E-state index in [4.69, 9.17) is 0 Å². The van der Waals surface area contributed by atoms with Crippen molar-refractivity contribution in [2.45, 2.75) is 26.1 Å².